The molecule has 0 fully saturated rings. The van der Waals surface area contributed by atoms with Crippen LogP contribution in [0.3, 0.4) is 0 Å². The molecule has 1 heterocycles. The molecule has 142 valence electrons. The summed E-state index contributed by atoms with van der Waals surface area (Å²) < 4.78 is 33.5. The van der Waals surface area contributed by atoms with Gasteiger partial charge in [0.25, 0.3) is 15.9 Å². The van der Waals surface area contributed by atoms with E-state index in [2.05, 4.69) is 10.0 Å². The van der Waals surface area contributed by atoms with Gasteiger partial charge in [-0.05, 0) is 37.3 Å². The lowest BCUT2D eigenvalue weighted by atomic mass is 10.1. The molecule has 4 rings (SSSR count). The van der Waals surface area contributed by atoms with Gasteiger partial charge in [0.2, 0.25) is 6.10 Å². The van der Waals surface area contributed by atoms with E-state index in [-0.39, 0.29) is 10.8 Å². The molecule has 0 saturated carbocycles. The van der Waals surface area contributed by atoms with Crippen molar-refractivity contribution in [2.45, 2.75) is 17.9 Å². The molecule has 1 amide bonds. The smallest absolute Gasteiger partial charge is 0.270 e. The topological polar surface area (TPSA) is 84.5 Å². The van der Waals surface area contributed by atoms with Crippen LogP contribution in [0, 0.1) is 6.92 Å². The molecule has 28 heavy (non-hydrogen) atoms. The predicted octanol–water partition coefficient (Wildman–Crippen LogP) is 3.87. The number of aryl methyl sites for hydroxylation is 1. The first-order valence-electron chi connectivity index (χ1n) is 8.68. The van der Waals surface area contributed by atoms with Gasteiger partial charge in [-0.25, -0.2) is 8.42 Å². The summed E-state index contributed by atoms with van der Waals surface area (Å²) in [5.74, 6) is 0.170. The molecule has 3 aromatic carbocycles. The molecule has 0 bridgehead atoms. The molecule has 0 spiro atoms. The van der Waals surface area contributed by atoms with Crippen molar-refractivity contribution >= 4 is 27.3 Å². The standard InChI is InChI=1S/C21H18N2O4S/c1-14-7-10-17(11-8-14)28(25,26)23-16-9-12-19-18(13-16)22-21(24)20(27-19)15-5-3-2-4-6-15/h2-13,20,23H,1H3,(H,22,24). The van der Waals surface area contributed by atoms with Crippen LogP contribution in [0.4, 0.5) is 11.4 Å². The third kappa shape index (κ3) is 3.57. The number of anilines is 2. The van der Waals surface area contributed by atoms with Gasteiger partial charge >= 0.3 is 0 Å². The highest BCUT2D eigenvalue weighted by Gasteiger charge is 2.29. The maximum absolute atomic E-state index is 12.6. The second-order valence-corrected chi connectivity index (χ2v) is 8.21. The number of benzene rings is 3. The summed E-state index contributed by atoms with van der Waals surface area (Å²) in [6.45, 7) is 1.89. The molecule has 7 heteroatoms. The zero-order chi connectivity index (χ0) is 19.7. The second-order valence-electron chi connectivity index (χ2n) is 6.53. The van der Waals surface area contributed by atoms with Crippen LogP contribution in [0.25, 0.3) is 0 Å². The summed E-state index contributed by atoms with van der Waals surface area (Å²) in [7, 11) is -3.73. The molecule has 1 aliphatic rings. The number of nitrogens with one attached hydrogen (secondary N) is 2. The van der Waals surface area contributed by atoms with E-state index in [0.29, 0.717) is 17.1 Å². The lowest BCUT2D eigenvalue weighted by Crippen LogP contribution is -2.30. The molecular weight excluding hydrogens is 376 g/mol. The van der Waals surface area contributed by atoms with Crippen LogP contribution in [0.2, 0.25) is 0 Å². The Labute approximate surface area is 163 Å². The first-order valence-corrected chi connectivity index (χ1v) is 10.2. The third-order valence-corrected chi connectivity index (χ3v) is 5.80. The molecule has 0 radical (unpaired) electrons. The number of hydrogen-bond acceptors (Lipinski definition) is 4. The number of rotatable bonds is 4. The maximum Gasteiger partial charge on any atom is 0.270 e. The van der Waals surface area contributed by atoms with Crippen LogP contribution in [-0.4, -0.2) is 14.3 Å². The van der Waals surface area contributed by atoms with Gasteiger partial charge in [0.1, 0.15) is 5.75 Å². The van der Waals surface area contributed by atoms with Gasteiger partial charge in [-0.3, -0.25) is 9.52 Å². The Bertz CT molecular complexity index is 1130. The Kier molecular flexibility index (Phi) is 4.52. The Morgan fingerprint density at radius 2 is 1.68 bits per heavy atom. The van der Waals surface area contributed by atoms with E-state index in [4.69, 9.17) is 4.74 Å². The van der Waals surface area contributed by atoms with Crippen LogP contribution < -0.4 is 14.8 Å². The highest BCUT2D eigenvalue weighted by molar-refractivity contribution is 7.92. The van der Waals surface area contributed by atoms with Crippen molar-refractivity contribution in [2.75, 3.05) is 10.0 Å². The molecule has 1 atom stereocenters. The normalized spacial score (nSPS) is 15.9. The fourth-order valence-corrected chi connectivity index (χ4v) is 4.00. The quantitative estimate of drug-likeness (QED) is 0.704. The number of amides is 1. The summed E-state index contributed by atoms with van der Waals surface area (Å²) in [5, 5.41) is 2.78. The minimum absolute atomic E-state index is 0.167. The Morgan fingerprint density at radius 3 is 2.39 bits per heavy atom. The molecule has 1 aliphatic heterocycles. The van der Waals surface area contributed by atoms with Gasteiger partial charge in [0, 0.05) is 5.56 Å². The maximum atomic E-state index is 12.6. The number of carbonyl (C=O) groups is 1. The van der Waals surface area contributed by atoms with Crippen molar-refractivity contribution < 1.29 is 17.9 Å². The van der Waals surface area contributed by atoms with E-state index in [1.54, 1.807) is 42.5 Å². The highest BCUT2D eigenvalue weighted by Crippen LogP contribution is 2.37. The van der Waals surface area contributed by atoms with Crippen molar-refractivity contribution in [1.29, 1.82) is 0 Å². The van der Waals surface area contributed by atoms with Crippen LogP contribution >= 0.6 is 0 Å². The van der Waals surface area contributed by atoms with E-state index in [1.165, 1.54) is 0 Å². The zero-order valence-electron chi connectivity index (χ0n) is 15.0. The SMILES string of the molecule is Cc1ccc(S(=O)(=O)Nc2ccc3c(c2)NC(=O)C(c2ccccc2)O3)cc1. The Morgan fingerprint density at radius 1 is 0.964 bits per heavy atom. The summed E-state index contributed by atoms with van der Waals surface area (Å²) in [6.07, 6.45) is -0.746. The zero-order valence-corrected chi connectivity index (χ0v) is 15.9. The van der Waals surface area contributed by atoms with E-state index >= 15 is 0 Å². The first kappa shape index (κ1) is 18.1. The summed E-state index contributed by atoms with van der Waals surface area (Å²) in [4.78, 5) is 12.6. The largest absolute Gasteiger partial charge is 0.474 e. The second kappa shape index (κ2) is 7.01. The molecule has 0 aliphatic carbocycles. The van der Waals surface area contributed by atoms with Crippen LogP contribution in [0.1, 0.15) is 17.2 Å². The van der Waals surface area contributed by atoms with E-state index in [1.807, 2.05) is 37.3 Å². The summed E-state index contributed by atoms with van der Waals surface area (Å²) in [6, 6.07) is 20.5. The van der Waals surface area contributed by atoms with Gasteiger partial charge in [-0.1, -0.05) is 48.0 Å². The number of carbonyl (C=O) groups excluding carboxylic acids is 1. The fraction of sp³-hybridized carbons (Fsp3) is 0.0952. The number of fused-ring (bicyclic) bond motifs is 1. The van der Waals surface area contributed by atoms with E-state index in [9.17, 15) is 13.2 Å². The van der Waals surface area contributed by atoms with Crippen molar-refractivity contribution in [3.63, 3.8) is 0 Å². The lowest BCUT2D eigenvalue weighted by Gasteiger charge is -2.26. The molecule has 3 aromatic rings. The van der Waals surface area contributed by atoms with Gasteiger partial charge in [-0.15, -0.1) is 0 Å². The van der Waals surface area contributed by atoms with Crippen molar-refractivity contribution in [1.82, 2.24) is 0 Å². The fourth-order valence-electron chi connectivity index (χ4n) is 2.95. The molecule has 6 nitrogen and oxygen atoms in total. The minimum Gasteiger partial charge on any atom is -0.474 e. The average molecular weight is 394 g/mol. The third-order valence-electron chi connectivity index (χ3n) is 4.41. The van der Waals surface area contributed by atoms with E-state index in [0.717, 1.165) is 11.1 Å². The molecular formula is C21H18N2O4S. The monoisotopic (exact) mass is 394 g/mol. The molecule has 1 unspecified atom stereocenters. The van der Waals surface area contributed by atoms with Gasteiger partial charge in [-0.2, -0.15) is 0 Å². The number of ether oxygens (including phenoxy) is 1. The number of sulfonamides is 1. The van der Waals surface area contributed by atoms with Gasteiger partial charge in [0.15, 0.2) is 0 Å². The lowest BCUT2D eigenvalue weighted by molar-refractivity contribution is -0.123. The predicted molar refractivity (Wildman–Crippen MR) is 107 cm³/mol. The Balaban J connectivity index is 1.58. The average Bonchev–Trinajstić information content (AvgIpc) is 2.68. The molecule has 0 saturated heterocycles. The minimum atomic E-state index is -3.73. The summed E-state index contributed by atoms with van der Waals surface area (Å²) in [5.41, 5.74) is 2.47. The van der Waals surface area contributed by atoms with Gasteiger partial charge in [0.05, 0.1) is 16.3 Å². The molecule has 0 aromatic heterocycles. The highest BCUT2D eigenvalue weighted by atomic mass is 32.2. The van der Waals surface area contributed by atoms with Crippen molar-refractivity contribution in [3.05, 3.63) is 83.9 Å². The Hall–Kier alpha value is -3.32. The van der Waals surface area contributed by atoms with Crippen LogP contribution in [0.15, 0.2) is 77.7 Å². The number of hydrogen-bond donors (Lipinski definition) is 2. The van der Waals surface area contributed by atoms with Crippen LogP contribution in [-0.2, 0) is 14.8 Å². The van der Waals surface area contributed by atoms with Crippen molar-refractivity contribution in [2.24, 2.45) is 0 Å². The first-order chi connectivity index (χ1) is 13.4. The summed E-state index contributed by atoms with van der Waals surface area (Å²) >= 11 is 0. The van der Waals surface area contributed by atoms with Gasteiger partial charge < -0.3 is 10.1 Å². The molecule has 2 N–H and O–H groups in total. The van der Waals surface area contributed by atoms with E-state index < -0.39 is 16.1 Å². The van der Waals surface area contributed by atoms with Crippen LogP contribution in [0.5, 0.6) is 5.75 Å². The van der Waals surface area contributed by atoms with Crippen molar-refractivity contribution in [3.8, 4) is 5.75 Å².